The third-order valence-electron chi connectivity index (χ3n) is 4.46. The van der Waals surface area contributed by atoms with Crippen LogP contribution in [0.1, 0.15) is 32.1 Å². The summed E-state index contributed by atoms with van der Waals surface area (Å²) in [5, 5.41) is 15.2. The zero-order valence-electron chi connectivity index (χ0n) is 16.3. The molecule has 0 saturated carbocycles. The van der Waals surface area contributed by atoms with E-state index in [9.17, 15) is 18.0 Å². The molecule has 3 aromatic heterocycles. The predicted molar refractivity (Wildman–Crippen MR) is 114 cm³/mol. The fourth-order valence-electron chi connectivity index (χ4n) is 2.94. The number of carboxylic acid groups (broad SMARTS) is 1. The number of alkyl halides is 3. The smallest absolute Gasteiger partial charge is 0.416 e. The Morgan fingerprint density at radius 3 is 2.66 bits per heavy atom. The summed E-state index contributed by atoms with van der Waals surface area (Å²) < 4.78 is 41.8. The lowest BCUT2D eigenvalue weighted by Gasteiger charge is -2.10. The van der Waals surface area contributed by atoms with Gasteiger partial charge in [-0.25, -0.2) is 9.78 Å². The number of rotatable bonds is 6. The predicted octanol–water partition coefficient (Wildman–Crippen LogP) is 5.34. The van der Waals surface area contributed by atoms with Crippen molar-refractivity contribution in [1.82, 2.24) is 19.7 Å². The number of aromatic carboxylic acids is 1. The van der Waals surface area contributed by atoms with Gasteiger partial charge in [0.1, 0.15) is 5.01 Å². The van der Waals surface area contributed by atoms with Crippen molar-refractivity contribution in [2.24, 2.45) is 0 Å². The third kappa shape index (κ3) is 5.09. The third-order valence-corrected chi connectivity index (χ3v) is 5.29. The van der Waals surface area contributed by atoms with Gasteiger partial charge in [0.25, 0.3) is 0 Å². The number of hydrogen-bond acceptors (Lipinski definition) is 5. The van der Waals surface area contributed by atoms with Crippen molar-refractivity contribution in [2.45, 2.75) is 12.7 Å². The average molecular weight is 456 g/mol. The zero-order valence-corrected chi connectivity index (χ0v) is 17.1. The SMILES string of the molecule is O=C(O)c1cnn(Cc2nc(-c3cc(C=Cc4cccnc4)cc(C(F)(F)F)c3)cs2)c1. The van der Waals surface area contributed by atoms with E-state index in [0.717, 1.165) is 17.7 Å². The Balaban J connectivity index is 1.63. The highest BCUT2D eigenvalue weighted by atomic mass is 32.1. The molecule has 4 rings (SSSR count). The fraction of sp³-hybridized carbons (Fsp3) is 0.0909. The molecule has 1 aromatic carbocycles. The van der Waals surface area contributed by atoms with E-state index in [0.29, 0.717) is 21.8 Å². The van der Waals surface area contributed by atoms with Gasteiger partial charge in [0.15, 0.2) is 0 Å². The molecule has 0 atom stereocenters. The number of halogens is 3. The van der Waals surface area contributed by atoms with Gasteiger partial charge < -0.3 is 5.11 Å². The van der Waals surface area contributed by atoms with Crippen LogP contribution in [0.4, 0.5) is 13.2 Å². The number of hydrogen-bond donors (Lipinski definition) is 1. The Morgan fingerprint density at radius 2 is 1.97 bits per heavy atom. The van der Waals surface area contributed by atoms with E-state index in [2.05, 4.69) is 15.1 Å². The quantitative estimate of drug-likeness (QED) is 0.424. The van der Waals surface area contributed by atoms with Gasteiger partial charge in [0.2, 0.25) is 0 Å². The molecule has 32 heavy (non-hydrogen) atoms. The monoisotopic (exact) mass is 456 g/mol. The molecule has 0 amide bonds. The van der Waals surface area contributed by atoms with Crippen molar-refractivity contribution in [3.05, 3.63) is 87.8 Å². The van der Waals surface area contributed by atoms with Crippen LogP contribution in [-0.2, 0) is 12.7 Å². The number of thiazole rings is 1. The van der Waals surface area contributed by atoms with Gasteiger partial charge in [-0.2, -0.15) is 18.3 Å². The number of nitrogens with zero attached hydrogens (tertiary/aromatic N) is 4. The van der Waals surface area contributed by atoms with Gasteiger partial charge in [-0.15, -0.1) is 11.3 Å². The van der Waals surface area contributed by atoms with Crippen LogP contribution in [0, 0.1) is 0 Å². The van der Waals surface area contributed by atoms with E-state index in [1.165, 1.54) is 28.4 Å². The molecular weight excluding hydrogens is 441 g/mol. The van der Waals surface area contributed by atoms with Crippen molar-refractivity contribution in [1.29, 1.82) is 0 Å². The summed E-state index contributed by atoms with van der Waals surface area (Å²) in [6.45, 7) is 0.213. The maximum atomic E-state index is 13.5. The first kappa shape index (κ1) is 21.4. The molecule has 1 N–H and O–H groups in total. The lowest BCUT2D eigenvalue weighted by atomic mass is 10.0. The molecule has 0 fully saturated rings. The number of benzene rings is 1. The lowest BCUT2D eigenvalue weighted by molar-refractivity contribution is -0.137. The van der Waals surface area contributed by atoms with Crippen LogP contribution in [0.3, 0.4) is 0 Å². The van der Waals surface area contributed by atoms with Crippen LogP contribution < -0.4 is 0 Å². The van der Waals surface area contributed by atoms with Crippen LogP contribution in [0.5, 0.6) is 0 Å². The lowest BCUT2D eigenvalue weighted by Crippen LogP contribution is -2.05. The van der Waals surface area contributed by atoms with E-state index in [-0.39, 0.29) is 12.1 Å². The van der Waals surface area contributed by atoms with E-state index >= 15 is 0 Å². The van der Waals surface area contributed by atoms with Gasteiger partial charge in [-0.1, -0.05) is 18.2 Å². The van der Waals surface area contributed by atoms with Crippen molar-refractivity contribution < 1.29 is 23.1 Å². The molecule has 3 heterocycles. The Hall–Kier alpha value is -3.79. The molecule has 0 saturated heterocycles. The maximum Gasteiger partial charge on any atom is 0.416 e. The molecule has 0 spiro atoms. The Kier molecular flexibility index (Phi) is 5.87. The molecule has 0 radical (unpaired) electrons. The summed E-state index contributed by atoms with van der Waals surface area (Å²) in [7, 11) is 0. The molecule has 10 heteroatoms. The van der Waals surface area contributed by atoms with Crippen molar-refractivity contribution in [3.8, 4) is 11.3 Å². The second-order valence-corrected chi connectivity index (χ2v) is 7.76. The molecule has 4 aromatic rings. The Bertz CT molecular complexity index is 1280. The average Bonchev–Trinajstić information content (AvgIpc) is 3.42. The summed E-state index contributed by atoms with van der Waals surface area (Å²) >= 11 is 1.26. The second-order valence-electron chi connectivity index (χ2n) is 6.82. The summed E-state index contributed by atoms with van der Waals surface area (Å²) in [5.41, 5.74) is 1.16. The first-order chi connectivity index (χ1) is 15.3. The zero-order chi connectivity index (χ0) is 22.7. The fourth-order valence-corrected chi connectivity index (χ4v) is 3.74. The van der Waals surface area contributed by atoms with Gasteiger partial charge >= 0.3 is 12.1 Å². The molecule has 0 bridgehead atoms. The molecule has 0 unspecified atom stereocenters. The molecule has 6 nitrogen and oxygen atoms in total. The summed E-state index contributed by atoms with van der Waals surface area (Å²) in [6.07, 6.45) is 4.61. The molecule has 162 valence electrons. The number of aromatic nitrogens is 4. The van der Waals surface area contributed by atoms with Gasteiger partial charge in [0, 0.05) is 29.5 Å². The summed E-state index contributed by atoms with van der Waals surface area (Å²) in [4.78, 5) is 19.4. The van der Waals surface area contributed by atoms with E-state index in [4.69, 9.17) is 5.11 Å². The number of pyridine rings is 1. The minimum atomic E-state index is -4.51. The van der Waals surface area contributed by atoms with E-state index in [1.54, 1.807) is 48.1 Å². The first-order valence-corrected chi connectivity index (χ1v) is 10.2. The van der Waals surface area contributed by atoms with E-state index in [1.807, 2.05) is 0 Å². The van der Waals surface area contributed by atoms with Gasteiger partial charge in [-0.05, 0) is 35.4 Å². The molecule has 0 aliphatic heterocycles. The highest BCUT2D eigenvalue weighted by Gasteiger charge is 2.31. The minimum absolute atomic E-state index is 0.0460. The Labute approximate surface area is 184 Å². The van der Waals surface area contributed by atoms with Crippen molar-refractivity contribution in [2.75, 3.05) is 0 Å². The standard InChI is InChI=1S/C22H15F3N4O2S/c23-22(24,25)18-7-15(4-3-14-2-1-5-26-9-14)6-16(8-18)19-13-32-20(28-19)12-29-11-17(10-27-29)21(30)31/h1-11,13H,12H2,(H,30,31). The van der Waals surface area contributed by atoms with Crippen LogP contribution >= 0.6 is 11.3 Å². The van der Waals surface area contributed by atoms with Gasteiger partial charge in [-0.3, -0.25) is 9.67 Å². The van der Waals surface area contributed by atoms with Crippen LogP contribution in [0.15, 0.2) is 60.5 Å². The highest BCUT2D eigenvalue weighted by Crippen LogP contribution is 2.34. The van der Waals surface area contributed by atoms with Gasteiger partial charge in [0.05, 0.1) is 29.6 Å². The number of carbonyl (C=O) groups is 1. The van der Waals surface area contributed by atoms with E-state index < -0.39 is 17.7 Å². The normalized spacial score (nSPS) is 11.8. The molecule has 0 aliphatic rings. The number of carboxylic acids is 1. The first-order valence-electron chi connectivity index (χ1n) is 9.29. The van der Waals surface area contributed by atoms with Crippen LogP contribution in [0.2, 0.25) is 0 Å². The van der Waals surface area contributed by atoms with Crippen LogP contribution in [0.25, 0.3) is 23.4 Å². The van der Waals surface area contributed by atoms with Crippen LogP contribution in [-0.4, -0.2) is 30.8 Å². The summed E-state index contributed by atoms with van der Waals surface area (Å²) in [6, 6.07) is 7.33. The largest absolute Gasteiger partial charge is 0.478 e. The second kappa shape index (κ2) is 8.75. The highest BCUT2D eigenvalue weighted by molar-refractivity contribution is 7.09. The molecular formula is C22H15F3N4O2S. The summed E-state index contributed by atoms with van der Waals surface area (Å²) in [5.74, 6) is -1.09. The minimum Gasteiger partial charge on any atom is -0.478 e. The van der Waals surface area contributed by atoms with Crippen molar-refractivity contribution >= 4 is 29.5 Å². The Morgan fingerprint density at radius 1 is 1.16 bits per heavy atom. The van der Waals surface area contributed by atoms with Crippen molar-refractivity contribution in [3.63, 3.8) is 0 Å². The topological polar surface area (TPSA) is 80.9 Å². The maximum absolute atomic E-state index is 13.5. The molecule has 0 aliphatic carbocycles.